The average molecular weight is 510 g/mol. The number of thiophene rings is 1. The summed E-state index contributed by atoms with van der Waals surface area (Å²) in [6.45, 7) is 3.57. The maximum absolute atomic E-state index is 13.4. The molecule has 0 aliphatic heterocycles. The van der Waals surface area contributed by atoms with E-state index < -0.39 is 11.9 Å². The summed E-state index contributed by atoms with van der Waals surface area (Å²) < 4.78 is 5.07. The number of carbonyl (C=O) groups excluding carboxylic acids is 2. The Hall–Kier alpha value is -3.44. The summed E-state index contributed by atoms with van der Waals surface area (Å²) in [6, 6.07) is 16.1. The number of anilines is 1. The first kappa shape index (κ1) is 23.7. The Bertz CT molecular complexity index is 1490. The van der Waals surface area contributed by atoms with Crippen molar-refractivity contribution in [3.8, 4) is 17.3 Å². The lowest BCUT2D eigenvalue weighted by molar-refractivity contribution is 0.0531. The molecule has 0 spiro atoms. The second-order valence-corrected chi connectivity index (χ2v) is 9.08. The van der Waals surface area contributed by atoms with Crippen molar-refractivity contribution in [1.82, 2.24) is 4.98 Å². The molecule has 0 fully saturated rings. The SMILES string of the molecule is CCOC(=O)c1sc(NC(=O)c2cc(-c3ccc(Cl)c(Cl)c3)nc3ccccc23)c(C#N)c1C. The molecule has 0 saturated heterocycles. The summed E-state index contributed by atoms with van der Waals surface area (Å²) in [7, 11) is 0. The molecule has 0 aliphatic rings. The molecule has 0 radical (unpaired) electrons. The molecule has 0 atom stereocenters. The van der Waals surface area contributed by atoms with E-state index in [0.29, 0.717) is 43.3 Å². The fourth-order valence-corrected chi connectivity index (χ4v) is 4.81. The van der Waals surface area contributed by atoms with Gasteiger partial charge < -0.3 is 10.1 Å². The van der Waals surface area contributed by atoms with Gasteiger partial charge in [0, 0.05) is 10.9 Å². The molecule has 0 unspecified atom stereocenters. The van der Waals surface area contributed by atoms with E-state index in [2.05, 4.69) is 16.4 Å². The van der Waals surface area contributed by atoms with Crippen LogP contribution in [0.4, 0.5) is 5.00 Å². The Labute approximate surface area is 209 Å². The highest BCUT2D eigenvalue weighted by molar-refractivity contribution is 7.18. The summed E-state index contributed by atoms with van der Waals surface area (Å²) in [5, 5.41) is 14.2. The summed E-state index contributed by atoms with van der Waals surface area (Å²) in [6.07, 6.45) is 0. The van der Waals surface area contributed by atoms with Gasteiger partial charge in [0.05, 0.1) is 39.0 Å². The fraction of sp³-hybridized carbons (Fsp3) is 0.120. The number of nitriles is 1. The van der Waals surface area contributed by atoms with Crippen LogP contribution in [0.2, 0.25) is 10.0 Å². The van der Waals surface area contributed by atoms with Gasteiger partial charge in [-0.2, -0.15) is 5.26 Å². The molecule has 1 N–H and O–H groups in total. The summed E-state index contributed by atoms with van der Waals surface area (Å²) in [4.78, 5) is 30.6. The van der Waals surface area contributed by atoms with E-state index >= 15 is 0 Å². The van der Waals surface area contributed by atoms with Gasteiger partial charge in [-0.25, -0.2) is 9.78 Å². The number of ether oxygens (including phenoxy) is 1. The largest absolute Gasteiger partial charge is 0.462 e. The number of esters is 1. The number of hydrogen-bond donors (Lipinski definition) is 1. The Morgan fingerprint density at radius 1 is 1.15 bits per heavy atom. The Morgan fingerprint density at radius 2 is 1.91 bits per heavy atom. The molecular weight excluding hydrogens is 493 g/mol. The van der Waals surface area contributed by atoms with Crippen molar-refractivity contribution >= 4 is 62.3 Å². The van der Waals surface area contributed by atoms with Crippen molar-refractivity contribution in [3.63, 3.8) is 0 Å². The number of aromatic nitrogens is 1. The lowest BCUT2D eigenvalue weighted by atomic mass is 10.0. The predicted octanol–water partition coefficient (Wildman–Crippen LogP) is 6.88. The van der Waals surface area contributed by atoms with Crippen molar-refractivity contribution in [2.45, 2.75) is 13.8 Å². The summed E-state index contributed by atoms with van der Waals surface area (Å²) in [5.74, 6) is -0.966. The number of para-hydroxylation sites is 1. The lowest BCUT2D eigenvalue weighted by Crippen LogP contribution is -2.13. The van der Waals surface area contributed by atoms with Crippen LogP contribution in [0.15, 0.2) is 48.5 Å². The zero-order chi connectivity index (χ0) is 24.4. The van der Waals surface area contributed by atoms with E-state index in [4.69, 9.17) is 27.9 Å². The normalized spacial score (nSPS) is 10.7. The third-order valence-electron chi connectivity index (χ3n) is 5.12. The highest BCUT2D eigenvalue weighted by atomic mass is 35.5. The van der Waals surface area contributed by atoms with Gasteiger partial charge in [0.2, 0.25) is 0 Å². The number of hydrogen-bond acceptors (Lipinski definition) is 6. The molecule has 1 amide bonds. The monoisotopic (exact) mass is 509 g/mol. The number of nitrogens with one attached hydrogen (secondary N) is 1. The number of amides is 1. The molecular formula is C25H17Cl2N3O3S. The highest BCUT2D eigenvalue weighted by Crippen LogP contribution is 2.35. The van der Waals surface area contributed by atoms with E-state index in [9.17, 15) is 14.9 Å². The van der Waals surface area contributed by atoms with Crippen LogP contribution in [0.25, 0.3) is 22.2 Å². The number of pyridine rings is 1. The Balaban J connectivity index is 1.79. The predicted molar refractivity (Wildman–Crippen MR) is 135 cm³/mol. The fourth-order valence-electron chi connectivity index (χ4n) is 3.46. The Morgan fingerprint density at radius 3 is 2.62 bits per heavy atom. The molecule has 9 heteroatoms. The Kier molecular flexibility index (Phi) is 6.85. The van der Waals surface area contributed by atoms with Crippen molar-refractivity contribution < 1.29 is 14.3 Å². The number of benzene rings is 2. The summed E-state index contributed by atoms with van der Waals surface area (Å²) in [5.41, 5.74) is 2.91. The van der Waals surface area contributed by atoms with E-state index in [0.717, 1.165) is 11.3 Å². The third kappa shape index (κ3) is 4.48. The molecule has 4 aromatic rings. The molecule has 0 aliphatic carbocycles. The second-order valence-electron chi connectivity index (χ2n) is 7.25. The van der Waals surface area contributed by atoms with Gasteiger partial charge in [0.15, 0.2) is 0 Å². The van der Waals surface area contributed by atoms with Crippen LogP contribution in [0.1, 0.15) is 38.1 Å². The first-order valence-electron chi connectivity index (χ1n) is 10.2. The molecule has 170 valence electrons. The molecule has 0 saturated carbocycles. The zero-order valence-corrected chi connectivity index (χ0v) is 20.4. The number of halogens is 2. The number of carbonyl (C=O) groups is 2. The number of fused-ring (bicyclic) bond motifs is 1. The van der Waals surface area contributed by atoms with E-state index in [-0.39, 0.29) is 22.0 Å². The molecule has 2 aromatic heterocycles. The van der Waals surface area contributed by atoms with Crippen LogP contribution >= 0.6 is 34.5 Å². The van der Waals surface area contributed by atoms with Gasteiger partial charge in [-0.3, -0.25) is 4.79 Å². The van der Waals surface area contributed by atoms with Crippen LogP contribution in [-0.2, 0) is 4.74 Å². The van der Waals surface area contributed by atoms with Gasteiger partial charge in [0.1, 0.15) is 15.9 Å². The van der Waals surface area contributed by atoms with Crippen LogP contribution in [0.5, 0.6) is 0 Å². The van der Waals surface area contributed by atoms with Crippen LogP contribution in [-0.4, -0.2) is 23.5 Å². The molecule has 4 rings (SSSR count). The van der Waals surface area contributed by atoms with Crippen molar-refractivity contribution in [1.29, 1.82) is 5.26 Å². The van der Waals surface area contributed by atoms with Crippen molar-refractivity contribution in [2.75, 3.05) is 11.9 Å². The van der Waals surface area contributed by atoms with Gasteiger partial charge in [0.25, 0.3) is 5.91 Å². The minimum Gasteiger partial charge on any atom is -0.462 e. The summed E-state index contributed by atoms with van der Waals surface area (Å²) >= 11 is 13.2. The third-order valence-corrected chi connectivity index (χ3v) is 7.05. The van der Waals surface area contributed by atoms with Crippen LogP contribution in [0.3, 0.4) is 0 Å². The number of rotatable bonds is 5. The van der Waals surface area contributed by atoms with E-state index in [1.807, 2.05) is 18.2 Å². The lowest BCUT2D eigenvalue weighted by Gasteiger charge is -2.11. The van der Waals surface area contributed by atoms with Crippen molar-refractivity contribution in [2.24, 2.45) is 0 Å². The maximum Gasteiger partial charge on any atom is 0.348 e. The molecule has 6 nitrogen and oxygen atoms in total. The van der Waals surface area contributed by atoms with Gasteiger partial charge in [-0.15, -0.1) is 11.3 Å². The highest BCUT2D eigenvalue weighted by Gasteiger charge is 2.23. The second kappa shape index (κ2) is 9.82. The average Bonchev–Trinajstić information content (AvgIpc) is 3.14. The van der Waals surface area contributed by atoms with Gasteiger partial charge >= 0.3 is 5.97 Å². The van der Waals surface area contributed by atoms with Crippen LogP contribution in [0, 0.1) is 18.3 Å². The molecule has 2 aromatic carbocycles. The molecule has 2 heterocycles. The molecule has 0 bridgehead atoms. The smallest absolute Gasteiger partial charge is 0.348 e. The van der Waals surface area contributed by atoms with Gasteiger partial charge in [-0.05, 0) is 43.7 Å². The first-order chi connectivity index (χ1) is 16.3. The quantitative estimate of drug-likeness (QED) is 0.296. The van der Waals surface area contributed by atoms with Crippen molar-refractivity contribution in [3.05, 3.63) is 80.1 Å². The number of nitrogens with zero attached hydrogens (tertiary/aromatic N) is 2. The zero-order valence-electron chi connectivity index (χ0n) is 18.1. The van der Waals surface area contributed by atoms with E-state index in [1.54, 1.807) is 44.2 Å². The minimum atomic E-state index is -0.529. The first-order valence-corrected chi connectivity index (χ1v) is 11.8. The van der Waals surface area contributed by atoms with E-state index in [1.165, 1.54) is 0 Å². The topological polar surface area (TPSA) is 92.1 Å². The van der Waals surface area contributed by atoms with Gasteiger partial charge in [-0.1, -0.05) is 47.5 Å². The standard InChI is InChI=1S/C25H17Cl2N3O3S/c1-3-33-25(32)22-13(2)17(12-28)24(34-22)30-23(31)16-11-21(14-8-9-18(26)19(27)10-14)29-20-7-5-4-6-15(16)20/h4-11H,3H2,1-2H3,(H,30,31). The minimum absolute atomic E-state index is 0.209. The molecule has 34 heavy (non-hydrogen) atoms. The maximum atomic E-state index is 13.4. The van der Waals surface area contributed by atoms with Crippen LogP contribution < -0.4 is 5.32 Å².